The highest BCUT2D eigenvalue weighted by Gasteiger charge is 2.59. The van der Waals surface area contributed by atoms with Crippen LogP contribution in [0.5, 0.6) is 0 Å². The Balaban J connectivity index is 1.38. The first-order valence-corrected chi connectivity index (χ1v) is 13.2. The van der Waals surface area contributed by atoms with Crippen LogP contribution in [0.4, 0.5) is 5.69 Å². The Morgan fingerprint density at radius 1 is 1.09 bits per heavy atom. The number of hydrogen-bond donors (Lipinski definition) is 2. The Morgan fingerprint density at radius 2 is 1.72 bits per heavy atom. The van der Waals surface area contributed by atoms with Crippen molar-refractivity contribution in [3.8, 4) is 0 Å². The van der Waals surface area contributed by atoms with Gasteiger partial charge in [-0.2, -0.15) is 4.31 Å². The number of amides is 1. The zero-order chi connectivity index (χ0) is 22.9. The van der Waals surface area contributed by atoms with Crippen LogP contribution in [0.2, 0.25) is 0 Å². The van der Waals surface area contributed by atoms with Gasteiger partial charge < -0.3 is 11.5 Å². The van der Waals surface area contributed by atoms with Crippen LogP contribution in [0.1, 0.15) is 57.8 Å². The summed E-state index contributed by atoms with van der Waals surface area (Å²) >= 11 is 0. The SMILES string of the molecule is CN(C1(C(=O)CC2C3CC4CC2CC(C(N)=O)(C4)C3)CCC1)S(=O)(=O)c1ccccc1N. The molecule has 174 valence electrons. The molecule has 1 amide bonds. The number of nitrogen functional groups attached to an aromatic ring is 1. The van der Waals surface area contributed by atoms with Crippen molar-refractivity contribution in [3.63, 3.8) is 0 Å². The Labute approximate surface area is 190 Å². The highest BCUT2D eigenvalue weighted by molar-refractivity contribution is 7.89. The number of primary amides is 1. The van der Waals surface area contributed by atoms with Crippen LogP contribution >= 0.6 is 0 Å². The number of sulfonamides is 1. The van der Waals surface area contributed by atoms with Crippen molar-refractivity contribution in [1.82, 2.24) is 4.31 Å². The number of ketones is 1. The molecule has 2 atom stereocenters. The summed E-state index contributed by atoms with van der Waals surface area (Å²) in [5.74, 6) is 1.27. The van der Waals surface area contributed by atoms with Crippen molar-refractivity contribution >= 4 is 27.4 Å². The van der Waals surface area contributed by atoms with Gasteiger partial charge in [-0.3, -0.25) is 9.59 Å². The van der Waals surface area contributed by atoms with E-state index in [0.29, 0.717) is 37.0 Å². The van der Waals surface area contributed by atoms with Gasteiger partial charge in [0.1, 0.15) is 4.90 Å². The van der Waals surface area contributed by atoms with Crippen molar-refractivity contribution in [2.75, 3.05) is 12.8 Å². The van der Waals surface area contributed by atoms with Gasteiger partial charge in [0.25, 0.3) is 0 Å². The molecule has 0 saturated heterocycles. The van der Waals surface area contributed by atoms with Crippen LogP contribution in [0.3, 0.4) is 0 Å². The van der Waals surface area contributed by atoms with Gasteiger partial charge >= 0.3 is 0 Å². The van der Waals surface area contributed by atoms with E-state index in [1.807, 2.05) is 0 Å². The maximum absolute atomic E-state index is 13.7. The van der Waals surface area contributed by atoms with Crippen LogP contribution in [-0.2, 0) is 19.6 Å². The van der Waals surface area contributed by atoms with Crippen LogP contribution in [0.25, 0.3) is 0 Å². The molecule has 0 radical (unpaired) electrons. The molecule has 8 heteroatoms. The molecule has 4 bridgehead atoms. The largest absolute Gasteiger partial charge is 0.398 e. The zero-order valence-electron chi connectivity index (χ0n) is 18.6. The van der Waals surface area contributed by atoms with Crippen molar-refractivity contribution < 1.29 is 18.0 Å². The van der Waals surface area contributed by atoms with Crippen LogP contribution in [-0.4, -0.2) is 37.0 Å². The molecule has 1 aromatic carbocycles. The lowest BCUT2D eigenvalue weighted by molar-refractivity contribution is -0.153. The molecule has 2 unspecified atom stereocenters. The number of hydrogen-bond acceptors (Lipinski definition) is 5. The van der Waals surface area contributed by atoms with E-state index >= 15 is 0 Å². The fraction of sp³-hybridized carbons (Fsp3) is 0.667. The molecule has 0 heterocycles. The highest BCUT2D eigenvalue weighted by Crippen LogP contribution is 2.63. The van der Waals surface area contributed by atoms with Gasteiger partial charge in [-0.05, 0) is 87.2 Å². The average Bonchev–Trinajstić information content (AvgIpc) is 2.69. The number of para-hydroxylation sites is 1. The minimum Gasteiger partial charge on any atom is -0.398 e. The number of carbonyl (C=O) groups excluding carboxylic acids is 2. The summed E-state index contributed by atoms with van der Waals surface area (Å²) in [4.78, 5) is 26.0. The number of nitrogens with two attached hydrogens (primary N) is 2. The molecule has 6 rings (SSSR count). The van der Waals surface area contributed by atoms with Gasteiger partial charge in [-0.15, -0.1) is 0 Å². The summed E-state index contributed by atoms with van der Waals surface area (Å²) in [5.41, 5.74) is 10.6. The van der Waals surface area contributed by atoms with Crippen molar-refractivity contribution in [3.05, 3.63) is 24.3 Å². The third kappa shape index (κ3) is 3.05. The van der Waals surface area contributed by atoms with E-state index in [1.54, 1.807) is 18.2 Å². The van der Waals surface area contributed by atoms with Gasteiger partial charge in [0.05, 0.1) is 11.2 Å². The number of nitrogens with zero attached hydrogens (tertiary/aromatic N) is 1. The van der Waals surface area contributed by atoms with E-state index in [9.17, 15) is 18.0 Å². The minimum atomic E-state index is -3.89. The zero-order valence-corrected chi connectivity index (χ0v) is 19.4. The molecular weight excluding hydrogens is 426 g/mol. The first-order valence-electron chi connectivity index (χ1n) is 11.8. The summed E-state index contributed by atoms with van der Waals surface area (Å²) in [6.07, 6.45) is 6.91. The maximum Gasteiger partial charge on any atom is 0.245 e. The van der Waals surface area contributed by atoms with E-state index in [4.69, 9.17) is 11.5 Å². The molecule has 0 aromatic heterocycles. The summed E-state index contributed by atoms with van der Waals surface area (Å²) in [6.45, 7) is 0. The lowest BCUT2D eigenvalue weighted by Gasteiger charge is -2.59. The molecule has 0 aliphatic heterocycles. The van der Waals surface area contributed by atoms with Gasteiger partial charge in [0.15, 0.2) is 5.78 Å². The van der Waals surface area contributed by atoms with Gasteiger partial charge in [-0.25, -0.2) is 8.42 Å². The third-order valence-electron chi connectivity index (χ3n) is 9.27. The molecule has 4 N–H and O–H groups in total. The van der Waals surface area contributed by atoms with Crippen LogP contribution in [0.15, 0.2) is 29.2 Å². The lowest BCUT2D eigenvalue weighted by atomic mass is 9.45. The van der Waals surface area contributed by atoms with Gasteiger partial charge in [-0.1, -0.05) is 12.1 Å². The van der Waals surface area contributed by atoms with Gasteiger partial charge in [0, 0.05) is 18.9 Å². The number of benzene rings is 1. The Kier molecular flexibility index (Phi) is 4.98. The molecule has 32 heavy (non-hydrogen) atoms. The standard InChI is InChI=1S/C24H33N3O4S/c1-27(32(30,31)20-6-3-2-5-19(20)25)24(7-4-8-24)21(28)11-18-16-9-15-10-17(18)14-23(12-15,13-16)22(26)29/h2-3,5-6,15-18H,4,7-14,25H2,1H3,(H2,26,29). The number of likely N-dealkylation sites (N-methyl/N-ethyl adjacent to an activating group) is 1. The predicted molar refractivity (Wildman–Crippen MR) is 121 cm³/mol. The molecular formula is C24H33N3O4S. The number of rotatable bonds is 7. The fourth-order valence-corrected chi connectivity index (χ4v) is 9.20. The topological polar surface area (TPSA) is 124 Å². The summed E-state index contributed by atoms with van der Waals surface area (Å²) in [7, 11) is -2.36. The van der Waals surface area contributed by atoms with Crippen LogP contribution in [0, 0.1) is 29.1 Å². The molecule has 0 spiro atoms. The number of Topliss-reactive ketones (excluding diaryl/α,β-unsaturated/α-hetero) is 1. The second-order valence-electron chi connectivity index (χ2n) is 10.8. The Hall–Kier alpha value is -1.93. The van der Waals surface area contributed by atoms with E-state index in [2.05, 4.69) is 0 Å². The fourth-order valence-electron chi connectivity index (χ4n) is 7.54. The van der Waals surface area contributed by atoms with E-state index < -0.39 is 15.6 Å². The summed E-state index contributed by atoms with van der Waals surface area (Å²) in [6, 6.07) is 6.41. The summed E-state index contributed by atoms with van der Waals surface area (Å²) in [5, 5.41) is 0. The Bertz CT molecular complexity index is 1050. The average molecular weight is 460 g/mol. The van der Waals surface area contributed by atoms with E-state index in [1.165, 1.54) is 17.4 Å². The normalized spacial score (nSPS) is 34.9. The lowest BCUT2D eigenvalue weighted by Crippen LogP contribution is -2.61. The Morgan fingerprint density at radius 3 is 2.25 bits per heavy atom. The number of anilines is 1. The molecule has 5 aliphatic rings. The molecule has 7 nitrogen and oxygen atoms in total. The first-order chi connectivity index (χ1) is 15.1. The smallest absolute Gasteiger partial charge is 0.245 e. The number of carbonyl (C=O) groups is 2. The second kappa shape index (κ2) is 7.29. The monoisotopic (exact) mass is 459 g/mol. The summed E-state index contributed by atoms with van der Waals surface area (Å²) < 4.78 is 28.1. The van der Waals surface area contributed by atoms with Gasteiger partial charge in [0.2, 0.25) is 15.9 Å². The third-order valence-corrected chi connectivity index (χ3v) is 11.3. The molecule has 5 saturated carbocycles. The van der Waals surface area contributed by atoms with Crippen molar-refractivity contribution in [2.45, 2.75) is 68.2 Å². The van der Waals surface area contributed by atoms with Crippen LogP contribution < -0.4 is 11.5 Å². The molecule has 5 aliphatic carbocycles. The van der Waals surface area contributed by atoms with E-state index in [-0.39, 0.29) is 33.6 Å². The predicted octanol–water partition coefficient (Wildman–Crippen LogP) is 2.70. The first kappa shape index (κ1) is 21.9. The molecule has 5 fully saturated rings. The molecule has 1 aromatic rings. The van der Waals surface area contributed by atoms with Crippen molar-refractivity contribution in [2.24, 2.45) is 34.8 Å². The highest BCUT2D eigenvalue weighted by atomic mass is 32.2. The maximum atomic E-state index is 13.7. The van der Waals surface area contributed by atoms with Crippen molar-refractivity contribution in [1.29, 1.82) is 0 Å². The minimum absolute atomic E-state index is 0.0231. The van der Waals surface area contributed by atoms with E-state index in [0.717, 1.165) is 38.5 Å². The second-order valence-corrected chi connectivity index (χ2v) is 12.7. The quantitative estimate of drug-likeness (QED) is 0.607.